The highest BCUT2D eigenvalue weighted by Gasteiger charge is 2.11. The molecule has 0 amide bonds. The first-order valence-electron chi connectivity index (χ1n) is 7.14. The van der Waals surface area contributed by atoms with Crippen molar-refractivity contribution in [1.29, 1.82) is 0 Å². The van der Waals surface area contributed by atoms with Crippen molar-refractivity contribution in [2.75, 3.05) is 0 Å². The van der Waals surface area contributed by atoms with Crippen molar-refractivity contribution in [3.8, 4) is 12.3 Å². The fourth-order valence-electron chi connectivity index (χ4n) is 2.17. The average Bonchev–Trinajstić information content (AvgIpc) is 2.42. The summed E-state index contributed by atoms with van der Waals surface area (Å²) < 4.78 is 27.1. The number of hydrogen-bond acceptors (Lipinski definition) is 0. The number of halogens is 2. The van der Waals surface area contributed by atoms with Crippen molar-refractivity contribution in [3.63, 3.8) is 0 Å². The smallest absolute Gasteiger partial charge is 0.174 e. The summed E-state index contributed by atoms with van der Waals surface area (Å²) in [5.74, 6) is 0.482. The van der Waals surface area contributed by atoms with E-state index in [-0.39, 0.29) is 5.56 Å². The fraction of sp³-hybridized carbons (Fsp3) is 0.529. The zero-order chi connectivity index (χ0) is 14.1. The van der Waals surface area contributed by atoms with Crippen molar-refractivity contribution in [2.45, 2.75) is 58.3 Å². The number of unbranched alkanes of at least 4 members (excludes halogenated alkanes) is 6. The molecule has 0 heterocycles. The van der Waals surface area contributed by atoms with Gasteiger partial charge in [0.2, 0.25) is 0 Å². The molecule has 0 N–H and O–H groups in total. The number of aryl methyl sites for hydroxylation is 1. The van der Waals surface area contributed by atoms with Gasteiger partial charge in [0.1, 0.15) is 0 Å². The van der Waals surface area contributed by atoms with E-state index in [0.29, 0.717) is 12.0 Å². The van der Waals surface area contributed by atoms with Gasteiger partial charge in [0.15, 0.2) is 11.6 Å². The van der Waals surface area contributed by atoms with E-state index in [1.807, 2.05) is 0 Å². The summed E-state index contributed by atoms with van der Waals surface area (Å²) in [5.41, 5.74) is 0.436. The molecule has 0 saturated heterocycles. The van der Waals surface area contributed by atoms with Crippen LogP contribution in [0.5, 0.6) is 0 Å². The molecule has 104 valence electrons. The van der Waals surface area contributed by atoms with Gasteiger partial charge in [-0.25, -0.2) is 8.78 Å². The number of terminal acetylenes is 1. The predicted octanol–water partition coefficient (Wildman–Crippen LogP) is 5.24. The fourth-order valence-corrected chi connectivity index (χ4v) is 2.17. The van der Waals surface area contributed by atoms with E-state index in [4.69, 9.17) is 6.42 Å². The zero-order valence-corrected chi connectivity index (χ0v) is 11.6. The lowest BCUT2D eigenvalue weighted by Gasteiger charge is -2.05. The Morgan fingerprint density at radius 1 is 0.947 bits per heavy atom. The molecule has 1 aromatic rings. The molecule has 2 heteroatoms. The minimum absolute atomic E-state index is 0.000755. The minimum atomic E-state index is -0.886. The Morgan fingerprint density at radius 3 is 2.21 bits per heavy atom. The van der Waals surface area contributed by atoms with E-state index in [1.165, 1.54) is 38.2 Å². The average molecular weight is 264 g/mol. The molecule has 1 aromatic carbocycles. The van der Waals surface area contributed by atoms with Gasteiger partial charge in [0.25, 0.3) is 0 Å². The van der Waals surface area contributed by atoms with Crippen LogP contribution >= 0.6 is 0 Å². The third-order valence-corrected chi connectivity index (χ3v) is 3.37. The Kier molecular flexibility index (Phi) is 7.18. The number of rotatable bonds is 8. The summed E-state index contributed by atoms with van der Waals surface area (Å²) in [7, 11) is 0. The largest absolute Gasteiger partial charge is 0.203 e. The Bertz CT molecular complexity index is 430. The Balaban J connectivity index is 2.34. The van der Waals surface area contributed by atoms with Crippen molar-refractivity contribution in [1.82, 2.24) is 0 Å². The summed E-state index contributed by atoms with van der Waals surface area (Å²) in [6, 6.07) is 3.08. The normalized spacial score (nSPS) is 10.4. The molecule has 0 nitrogen and oxygen atoms in total. The van der Waals surface area contributed by atoms with E-state index in [0.717, 1.165) is 12.8 Å². The second-order valence-electron chi connectivity index (χ2n) is 4.92. The van der Waals surface area contributed by atoms with E-state index < -0.39 is 11.6 Å². The van der Waals surface area contributed by atoms with Crippen LogP contribution in [-0.4, -0.2) is 0 Å². The SMILES string of the molecule is C#Cc1ccc(CCCCCCCCC)c(F)c1F. The molecule has 1 rings (SSSR count). The van der Waals surface area contributed by atoms with Crippen LogP contribution in [0.1, 0.15) is 63.0 Å². The van der Waals surface area contributed by atoms with E-state index >= 15 is 0 Å². The van der Waals surface area contributed by atoms with Crippen molar-refractivity contribution in [3.05, 3.63) is 34.9 Å². The predicted molar refractivity (Wildman–Crippen MR) is 76.0 cm³/mol. The third-order valence-electron chi connectivity index (χ3n) is 3.37. The quantitative estimate of drug-likeness (QED) is 0.445. The highest BCUT2D eigenvalue weighted by atomic mass is 19.2. The Hall–Kier alpha value is -1.36. The molecule has 19 heavy (non-hydrogen) atoms. The third kappa shape index (κ3) is 5.03. The number of hydrogen-bond donors (Lipinski definition) is 0. The van der Waals surface area contributed by atoms with Crippen molar-refractivity contribution < 1.29 is 8.78 Å². The topological polar surface area (TPSA) is 0 Å². The first kappa shape index (κ1) is 15.7. The summed E-state index contributed by atoms with van der Waals surface area (Å²) in [5, 5.41) is 0. The molecule has 0 fully saturated rings. The second kappa shape index (κ2) is 8.69. The number of benzene rings is 1. The molecule has 0 radical (unpaired) electrons. The van der Waals surface area contributed by atoms with Crippen molar-refractivity contribution >= 4 is 0 Å². The molecule has 0 aliphatic rings. The van der Waals surface area contributed by atoms with Crippen LogP contribution in [0, 0.1) is 24.0 Å². The van der Waals surface area contributed by atoms with E-state index in [9.17, 15) is 8.78 Å². The van der Waals surface area contributed by atoms with Gasteiger partial charge >= 0.3 is 0 Å². The summed E-state index contributed by atoms with van der Waals surface area (Å²) in [4.78, 5) is 0. The van der Waals surface area contributed by atoms with Crippen LogP contribution in [0.4, 0.5) is 8.78 Å². The first-order chi connectivity index (χ1) is 9.20. The molecular formula is C17H22F2. The van der Waals surface area contributed by atoms with E-state index in [2.05, 4.69) is 12.8 Å². The Morgan fingerprint density at radius 2 is 1.58 bits per heavy atom. The molecule has 0 aromatic heterocycles. The van der Waals surface area contributed by atoms with Gasteiger partial charge in [-0.05, 0) is 24.5 Å². The van der Waals surface area contributed by atoms with Gasteiger partial charge in [-0.1, -0.05) is 57.4 Å². The van der Waals surface area contributed by atoms with Crippen LogP contribution in [0.15, 0.2) is 12.1 Å². The molecule has 0 bridgehead atoms. The van der Waals surface area contributed by atoms with Gasteiger partial charge < -0.3 is 0 Å². The van der Waals surface area contributed by atoms with Gasteiger partial charge in [0, 0.05) is 0 Å². The minimum Gasteiger partial charge on any atom is -0.203 e. The highest BCUT2D eigenvalue weighted by molar-refractivity contribution is 5.37. The molecule has 0 unspecified atom stereocenters. The second-order valence-corrected chi connectivity index (χ2v) is 4.92. The van der Waals surface area contributed by atoms with Gasteiger partial charge in [-0.3, -0.25) is 0 Å². The molecule has 0 saturated carbocycles. The highest BCUT2D eigenvalue weighted by Crippen LogP contribution is 2.18. The first-order valence-corrected chi connectivity index (χ1v) is 7.14. The van der Waals surface area contributed by atoms with E-state index in [1.54, 1.807) is 6.07 Å². The van der Waals surface area contributed by atoms with Gasteiger partial charge in [-0.15, -0.1) is 6.42 Å². The molecule has 0 aliphatic carbocycles. The van der Waals surface area contributed by atoms with Crippen LogP contribution in [0.3, 0.4) is 0 Å². The van der Waals surface area contributed by atoms with Crippen LogP contribution in [-0.2, 0) is 6.42 Å². The maximum atomic E-state index is 13.7. The standard InChI is InChI=1S/C17H22F2/c1-3-5-6-7-8-9-10-11-15-13-12-14(4-2)16(18)17(15)19/h2,12-13H,3,5-11H2,1H3. The summed E-state index contributed by atoms with van der Waals surface area (Å²) in [6.07, 6.45) is 13.9. The summed E-state index contributed by atoms with van der Waals surface area (Å²) in [6.45, 7) is 2.19. The summed E-state index contributed by atoms with van der Waals surface area (Å²) >= 11 is 0. The van der Waals surface area contributed by atoms with Gasteiger partial charge in [-0.2, -0.15) is 0 Å². The molecule has 0 aliphatic heterocycles. The molecule has 0 spiro atoms. The monoisotopic (exact) mass is 264 g/mol. The lowest BCUT2D eigenvalue weighted by atomic mass is 10.0. The lowest BCUT2D eigenvalue weighted by Crippen LogP contribution is -1.97. The van der Waals surface area contributed by atoms with Crippen LogP contribution in [0.25, 0.3) is 0 Å². The van der Waals surface area contributed by atoms with Crippen LogP contribution < -0.4 is 0 Å². The van der Waals surface area contributed by atoms with Crippen molar-refractivity contribution in [2.24, 2.45) is 0 Å². The molecular weight excluding hydrogens is 242 g/mol. The lowest BCUT2D eigenvalue weighted by molar-refractivity contribution is 0.493. The zero-order valence-electron chi connectivity index (χ0n) is 11.6. The Labute approximate surface area is 115 Å². The van der Waals surface area contributed by atoms with Gasteiger partial charge in [0.05, 0.1) is 5.56 Å². The maximum Gasteiger partial charge on any atom is 0.174 e. The maximum absolute atomic E-state index is 13.7. The molecule has 0 atom stereocenters. The van der Waals surface area contributed by atoms with Crippen LogP contribution in [0.2, 0.25) is 0 Å².